The van der Waals surface area contributed by atoms with Gasteiger partial charge in [0.25, 0.3) is 5.56 Å². The lowest BCUT2D eigenvalue weighted by molar-refractivity contribution is -0.113. The van der Waals surface area contributed by atoms with Crippen LogP contribution in [0.2, 0.25) is 0 Å². The summed E-state index contributed by atoms with van der Waals surface area (Å²) in [6.07, 6.45) is 0. The van der Waals surface area contributed by atoms with Gasteiger partial charge in [-0.15, -0.1) is 0 Å². The molecule has 6 nitrogen and oxygen atoms in total. The topological polar surface area (TPSA) is 73.2 Å². The van der Waals surface area contributed by atoms with Crippen LogP contribution in [0, 0.1) is 0 Å². The average Bonchev–Trinajstić information content (AvgIpc) is 2.74. The molecule has 1 heterocycles. The standard InChI is InChI=1S/C22H23N3O3S/c1-15(2)16-4-8-18(9-5-16)25-22(27)13-12-21(24-25)29-14-20(26)23-17-6-10-19(28-3)11-7-17/h4-13,15H,14H2,1-3H3,(H,23,26). The Labute approximate surface area is 173 Å². The molecular formula is C22H23N3O3S. The Morgan fingerprint density at radius 3 is 2.38 bits per heavy atom. The van der Waals surface area contributed by atoms with E-state index in [2.05, 4.69) is 24.3 Å². The summed E-state index contributed by atoms with van der Waals surface area (Å²) >= 11 is 1.27. The van der Waals surface area contributed by atoms with Gasteiger partial charge in [0.15, 0.2) is 0 Å². The molecule has 1 N–H and O–H groups in total. The summed E-state index contributed by atoms with van der Waals surface area (Å²) < 4.78 is 6.46. The van der Waals surface area contributed by atoms with Crippen LogP contribution >= 0.6 is 11.8 Å². The number of nitrogens with one attached hydrogen (secondary N) is 1. The molecule has 7 heteroatoms. The highest BCUT2D eigenvalue weighted by atomic mass is 32.2. The van der Waals surface area contributed by atoms with E-state index in [1.165, 1.54) is 28.1 Å². The van der Waals surface area contributed by atoms with Gasteiger partial charge in [-0.05, 0) is 53.9 Å². The zero-order chi connectivity index (χ0) is 20.8. The van der Waals surface area contributed by atoms with E-state index >= 15 is 0 Å². The number of hydrogen-bond donors (Lipinski definition) is 1. The number of aromatic nitrogens is 2. The number of ether oxygens (including phenoxy) is 1. The van der Waals surface area contributed by atoms with Crippen molar-refractivity contribution in [2.45, 2.75) is 24.8 Å². The van der Waals surface area contributed by atoms with Crippen molar-refractivity contribution in [2.24, 2.45) is 0 Å². The monoisotopic (exact) mass is 409 g/mol. The normalized spacial score (nSPS) is 10.8. The molecule has 0 unspecified atom stereocenters. The number of thioether (sulfide) groups is 1. The SMILES string of the molecule is COc1ccc(NC(=O)CSc2ccc(=O)n(-c3ccc(C(C)C)cc3)n2)cc1. The maximum absolute atomic E-state index is 12.2. The highest BCUT2D eigenvalue weighted by Crippen LogP contribution is 2.19. The minimum absolute atomic E-state index is 0.152. The fourth-order valence-corrected chi connectivity index (χ4v) is 3.32. The van der Waals surface area contributed by atoms with Crippen LogP contribution < -0.4 is 15.6 Å². The van der Waals surface area contributed by atoms with Crippen LogP contribution in [-0.2, 0) is 4.79 Å². The van der Waals surface area contributed by atoms with Crippen LogP contribution in [-0.4, -0.2) is 28.6 Å². The fraction of sp³-hybridized carbons (Fsp3) is 0.227. The van der Waals surface area contributed by atoms with Crippen LogP contribution in [0.25, 0.3) is 5.69 Å². The van der Waals surface area contributed by atoms with Crippen molar-refractivity contribution < 1.29 is 9.53 Å². The van der Waals surface area contributed by atoms with Gasteiger partial charge >= 0.3 is 0 Å². The molecule has 0 aliphatic carbocycles. The lowest BCUT2D eigenvalue weighted by Gasteiger charge is -2.09. The lowest BCUT2D eigenvalue weighted by Crippen LogP contribution is -2.21. The van der Waals surface area contributed by atoms with Gasteiger partial charge < -0.3 is 10.1 Å². The summed E-state index contributed by atoms with van der Waals surface area (Å²) in [5, 5.41) is 7.82. The van der Waals surface area contributed by atoms with Gasteiger partial charge in [0, 0.05) is 11.8 Å². The van der Waals surface area contributed by atoms with Crippen LogP contribution in [0.5, 0.6) is 5.75 Å². The fourth-order valence-electron chi connectivity index (χ4n) is 2.67. The van der Waals surface area contributed by atoms with Crippen molar-refractivity contribution in [2.75, 3.05) is 18.2 Å². The Morgan fingerprint density at radius 2 is 1.76 bits per heavy atom. The minimum atomic E-state index is -0.214. The number of anilines is 1. The molecule has 1 aromatic heterocycles. The molecule has 0 aliphatic rings. The van der Waals surface area contributed by atoms with Crippen LogP contribution in [0.4, 0.5) is 5.69 Å². The molecule has 3 aromatic rings. The number of benzene rings is 2. The maximum Gasteiger partial charge on any atom is 0.271 e. The van der Waals surface area contributed by atoms with Gasteiger partial charge in [-0.2, -0.15) is 9.78 Å². The Bertz CT molecular complexity index is 1030. The number of nitrogens with zero attached hydrogens (tertiary/aromatic N) is 2. The quantitative estimate of drug-likeness (QED) is 0.595. The van der Waals surface area contributed by atoms with Crippen molar-refractivity contribution in [1.82, 2.24) is 9.78 Å². The van der Waals surface area contributed by atoms with Crippen molar-refractivity contribution in [3.05, 3.63) is 76.6 Å². The highest BCUT2D eigenvalue weighted by molar-refractivity contribution is 7.99. The van der Waals surface area contributed by atoms with E-state index in [-0.39, 0.29) is 17.2 Å². The maximum atomic E-state index is 12.2. The van der Waals surface area contributed by atoms with Gasteiger partial charge in [-0.1, -0.05) is 37.7 Å². The molecule has 0 saturated carbocycles. The van der Waals surface area contributed by atoms with Crippen molar-refractivity contribution in [3.63, 3.8) is 0 Å². The van der Waals surface area contributed by atoms with E-state index < -0.39 is 0 Å². The molecule has 0 aliphatic heterocycles. The Hall–Kier alpha value is -3.06. The molecule has 29 heavy (non-hydrogen) atoms. The van der Waals surface area contributed by atoms with Crippen LogP contribution in [0.3, 0.4) is 0 Å². The number of carbonyl (C=O) groups is 1. The molecule has 0 spiro atoms. The summed E-state index contributed by atoms with van der Waals surface area (Å²) in [6, 6.07) is 18.0. The second-order valence-corrected chi connectivity index (χ2v) is 7.73. The third-order valence-electron chi connectivity index (χ3n) is 4.31. The second-order valence-electron chi connectivity index (χ2n) is 6.73. The van der Waals surface area contributed by atoms with Crippen molar-refractivity contribution >= 4 is 23.4 Å². The Morgan fingerprint density at radius 1 is 1.07 bits per heavy atom. The van der Waals surface area contributed by atoms with Gasteiger partial charge in [-0.25, -0.2) is 0 Å². The summed E-state index contributed by atoms with van der Waals surface area (Å²) in [4.78, 5) is 24.4. The van der Waals surface area contributed by atoms with E-state index in [0.717, 1.165) is 5.75 Å². The van der Waals surface area contributed by atoms with Gasteiger partial charge in [0.1, 0.15) is 10.8 Å². The Balaban J connectivity index is 1.66. The summed E-state index contributed by atoms with van der Waals surface area (Å²) in [5.41, 5.74) is 2.38. The summed E-state index contributed by atoms with van der Waals surface area (Å²) in [5.74, 6) is 1.18. The lowest BCUT2D eigenvalue weighted by atomic mass is 10.0. The van der Waals surface area contributed by atoms with Crippen molar-refractivity contribution in [1.29, 1.82) is 0 Å². The first kappa shape index (κ1) is 20.7. The van der Waals surface area contributed by atoms with Crippen LogP contribution in [0.15, 0.2) is 70.5 Å². The first-order valence-corrected chi connectivity index (χ1v) is 10.2. The smallest absolute Gasteiger partial charge is 0.271 e. The largest absolute Gasteiger partial charge is 0.497 e. The minimum Gasteiger partial charge on any atom is -0.497 e. The molecule has 3 rings (SSSR count). The van der Waals surface area contributed by atoms with Gasteiger partial charge in [-0.3, -0.25) is 9.59 Å². The zero-order valence-corrected chi connectivity index (χ0v) is 17.4. The summed E-state index contributed by atoms with van der Waals surface area (Å²) in [6.45, 7) is 4.24. The van der Waals surface area contributed by atoms with Gasteiger partial charge in [0.05, 0.1) is 18.6 Å². The molecule has 0 bridgehead atoms. The second kappa shape index (κ2) is 9.43. The molecule has 0 radical (unpaired) electrons. The number of hydrogen-bond acceptors (Lipinski definition) is 5. The van der Waals surface area contributed by atoms with E-state index in [1.807, 2.05) is 24.3 Å². The number of amides is 1. The predicted molar refractivity (Wildman–Crippen MR) is 116 cm³/mol. The highest BCUT2D eigenvalue weighted by Gasteiger charge is 2.08. The number of methoxy groups -OCH3 is 1. The first-order valence-electron chi connectivity index (χ1n) is 9.23. The van der Waals surface area contributed by atoms with Gasteiger partial charge in [0.2, 0.25) is 5.91 Å². The molecule has 150 valence electrons. The Kier molecular flexibility index (Phi) is 6.72. The van der Waals surface area contributed by atoms with E-state index in [9.17, 15) is 9.59 Å². The molecular weight excluding hydrogens is 386 g/mol. The summed E-state index contributed by atoms with van der Waals surface area (Å²) in [7, 11) is 1.59. The van der Waals surface area contributed by atoms with Crippen molar-refractivity contribution in [3.8, 4) is 11.4 Å². The third-order valence-corrected chi connectivity index (χ3v) is 5.23. The molecule has 1 amide bonds. The van der Waals surface area contributed by atoms with E-state index in [1.54, 1.807) is 37.4 Å². The molecule has 0 atom stereocenters. The number of carbonyl (C=O) groups excluding carboxylic acids is 1. The predicted octanol–water partition coefficient (Wildman–Crippen LogP) is 4.10. The van der Waals surface area contributed by atoms with E-state index in [4.69, 9.17) is 4.74 Å². The van der Waals surface area contributed by atoms with E-state index in [0.29, 0.717) is 22.3 Å². The number of rotatable bonds is 7. The molecule has 0 saturated heterocycles. The molecule has 2 aromatic carbocycles. The third kappa shape index (κ3) is 5.48. The first-order chi connectivity index (χ1) is 14.0. The van der Waals surface area contributed by atoms with Crippen LogP contribution in [0.1, 0.15) is 25.3 Å². The molecule has 0 fully saturated rings. The zero-order valence-electron chi connectivity index (χ0n) is 16.6. The average molecular weight is 410 g/mol.